The maximum Gasteiger partial charge on any atom is 0.336 e. The number of Topliss-reactive ketones (excluding diaryl/α,β-unsaturated/α-hetero) is 1. The van der Waals surface area contributed by atoms with E-state index in [1.165, 1.54) is 6.26 Å². The molecule has 2 aliphatic heterocycles. The molecule has 0 bridgehead atoms. The average Bonchev–Trinajstić information content (AvgIpc) is 3.30. The normalized spacial score (nSPS) is 24.3. The number of allylic oxidation sites excluding steroid dienone is 3. The summed E-state index contributed by atoms with van der Waals surface area (Å²) >= 11 is 0. The molecular weight excluding hydrogens is 434 g/mol. The van der Waals surface area contributed by atoms with Gasteiger partial charge in [0, 0.05) is 35.6 Å². The third kappa shape index (κ3) is 3.98. The Morgan fingerprint density at radius 2 is 2.00 bits per heavy atom. The molecular formula is C27H29NO6. The topological polar surface area (TPSA) is 94.8 Å². The van der Waals surface area contributed by atoms with Crippen molar-refractivity contribution < 1.29 is 23.5 Å². The van der Waals surface area contributed by atoms with Gasteiger partial charge in [0.25, 0.3) is 0 Å². The third-order valence-corrected chi connectivity index (χ3v) is 6.90. The molecule has 0 amide bonds. The number of ketones is 1. The van der Waals surface area contributed by atoms with Crippen molar-refractivity contribution in [2.45, 2.75) is 58.5 Å². The summed E-state index contributed by atoms with van der Waals surface area (Å²) in [6.45, 7) is 6.67. The minimum Gasteiger partial charge on any atom is -0.464 e. The molecule has 0 spiro atoms. The fourth-order valence-corrected chi connectivity index (χ4v) is 5.33. The number of dihydropyridines is 1. The van der Waals surface area contributed by atoms with E-state index in [0.717, 1.165) is 18.5 Å². The van der Waals surface area contributed by atoms with E-state index in [1.807, 2.05) is 13.8 Å². The molecule has 0 saturated carbocycles. The second-order valence-electron chi connectivity index (χ2n) is 10.2. The summed E-state index contributed by atoms with van der Waals surface area (Å²) in [5.74, 6) is -1.48. The van der Waals surface area contributed by atoms with Gasteiger partial charge in [-0.25, -0.2) is 4.79 Å². The second kappa shape index (κ2) is 8.55. The Morgan fingerprint density at radius 1 is 1.21 bits per heavy atom. The summed E-state index contributed by atoms with van der Waals surface area (Å²) in [5.41, 5.74) is 2.31. The molecule has 1 aliphatic carbocycles. The van der Waals surface area contributed by atoms with Crippen LogP contribution in [0.1, 0.15) is 57.9 Å². The van der Waals surface area contributed by atoms with Crippen LogP contribution in [0.5, 0.6) is 0 Å². The summed E-state index contributed by atoms with van der Waals surface area (Å²) in [5, 5.41) is 3.70. The van der Waals surface area contributed by atoms with Crippen molar-refractivity contribution >= 4 is 22.7 Å². The van der Waals surface area contributed by atoms with Gasteiger partial charge in [0.15, 0.2) is 11.2 Å². The van der Waals surface area contributed by atoms with Crippen LogP contribution in [0.3, 0.4) is 0 Å². The zero-order chi connectivity index (χ0) is 24.0. The Hall–Kier alpha value is -3.19. The fraction of sp³-hybridized carbons (Fsp3) is 0.444. The second-order valence-corrected chi connectivity index (χ2v) is 10.2. The number of hydrogen-bond donors (Lipinski definition) is 1. The van der Waals surface area contributed by atoms with Gasteiger partial charge in [-0.1, -0.05) is 26.0 Å². The van der Waals surface area contributed by atoms with Crippen molar-refractivity contribution in [2.75, 3.05) is 13.2 Å². The van der Waals surface area contributed by atoms with Gasteiger partial charge in [-0.2, -0.15) is 0 Å². The Bertz CT molecular complexity index is 1290. The monoisotopic (exact) mass is 463 g/mol. The smallest absolute Gasteiger partial charge is 0.336 e. The molecule has 1 aromatic carbocycles. The summed E-state index contributed by atoms with van der Waals surface area (Å²) in [4.78, 5) is 40.4. The number of nitrogens with one attached hydrogen (secondary N) is 1. The maximum atomic E-state index is 13.6. The fourth-order valence-electron chi connectivity index (χ4n) is 5.33. The van der Waals surface area contributed by atoms with E-state index in [2.05, 4.69) is 5.32 Å². The molecule has 0 unspecified atom stereocenters. The van der Waals surface area contributed by atoms with E-state index < -0.39 is 11.9 Å². The lowest BCUT2D eigenvalue weighted by molar-refractivity contribution is -0.142. The number of hydrogen-bond acceptors (Lipinski definition) is 7. The van der Waals surface area contributed by atoms with Crippen LogP contribution in [-0.4, -0.2) is 31.1 Å². The lowest BCUT2D eigenvalue weighted by Gasteiger charge is -2.39. The molecule has 2 aromatic rings. The molecule has 1 fully saturated rings. The number of esters is 1. The van der Waals surface area contributed by atoms with Crippen LogP contribution in [0.15, 0.2) is 62.3 Å². The van der Waals surface area contributed by atoms with Gasteiger partial charge in [-0.05, 0) is 43.7 Å². The van der Waals surface area contributed by atoms with Gasteiger partial charge in [0.2, 0.25) is 0 Å². The SMILES string of the molecule is CC1=C(C(=O)OC[C@@H]2CCCO2)[C@@H](c2coc3ccccc3c2=O)C2=C(CC(C)(C)CC2=O)N1. The first-order valence-corrected chi connectivity index (χ1v) is 11.8. The highest BCUT2D eigenvalue weighted by Gasteiger charge is 2.44. The van der Waals surface area contributed by atoms with Crippen LogP contribution in [0.2, 0.25) is 0 Å². The van der Waals surface area contributed by atoms with Crippen molar-refractivity contribution in [1.29, 1.82) is 0 Å². The Kier molecular flexibility index (Phi) is 5.68. The molecule has 1 saturated heterocycles. The first kappa shape index (κ1) is 22.6. The van der Waals surface area contributed by atoms with Gasteiger partial charge >= 0.3 is 5.97 Å². The summed E-state index contributed by atoms with van der Waals surface area (Å²) < 4.78 is 17.0. The van der Waals surface area contributed by atoms with Crippen LogP contribution >= 0.6 is 0 Å². The third-order valence-electron chi connectivity index (χ3n) is 6.90. The van der Waals surface area contributed by atoms with Crippen LogP contribution in [0, 0.1) is 5.41 Å². The summed E-state index contributed by atoms with van der Waals surface area (Å²) in [7, 11) is 0. The number of para-hydroxylation sites is 1. The Labute approximate surface area is 197 Å². The number of carbonyl (C=O) groups excluding carboxylic acids is 2. The Balaban J connectivity index is 1.62. The number of fused-ring (bicyclic) bond motifs is 1. The van der Waals surface area contributed by atoms with Gasteiger partial charge in [0.1, 0.15) is 12.2 Å². The van der Waals surface area contributed by atoms with Gasteiger partial charge < -0.3 is 19.2 Å². The highest BCUT2D eigenvalue weighted by molar-refractivity contribution is 6.04. The summed E-state index contributed by atoms with van der Waals surface area (Å²) in [6.07, 6.45) is 4.01. The summed E-state index contributed by atoms with van der Waals surface area (Å²) in [6, 6.07) is 6.97. The minimum atomic E-state index is -0.849. The molecule has 3 heterocycles. The first-order valence-electron chi connectivity index (χ1n) is 11.8. The molecule has 178 valence electrons. The molecule has 1 N–H and O–H groups in total. The predicted molar refractivity (Wildman–Crippen MR) is 126 cm³/mol. The van der Waals surface area contributed by atoms with E-state index in [4.69, 9.17) is 13.9 Å². The van der Waals surface area contributed by atoms with E-state index in [0.29, 0.717) is 41.7 Å². The number of carbonyl (C=O) groups is 2. The zero-order valence-electron chi connectivity index (χ0n) is 19.7. The predicted octanol–water partition coefficient (Wildman–Crippen LogP) is 4.12. The van der Waals surface area contributed by atoms with E-state index >= 15 is 0 Å². The van der Waals surface area contributed by atoms with Crippen LogP contribution in [0.25, 0.3) is 11.0 Å². The Morgan fingerprint density at radius 3 is 2.76 bits per heavy atom. The number of ether oxygens (including phenoxy) is 2. The van der Waals surface area contributed by atoms with Crippen molar-refractivity contribution in [2.24, 2.45) is 5.41 Å². The quantitative estimate of drug-likeness (QED) is 0.682. The van der Waals surface area contributed by atoms with Crippen molar-refractivity contribution in [3.05, 3.63) is 68.9 Å². The molecule has 1 aromatic heterocycles. The average molecular weight is 464 g/mol. The minimum absolute atomic E-state index is 0.0757. The van der Waals surface area contributed by atoms with Crippen molar-refractivity contribution in [1.82, 2.24) is 5.32 Å². The van der Waals surface area contributed by atoms with Crippen LogP contribution in [0.4, 0.5) is 0 Å². The molecule has 2 atom stereocenters. The molecule has 3 aliphatic rings. The van der Waals surface area contributed by atoms with Crippen molar-refractivity contribution in [3.8, 4) is 0 Å². The molecule has 7 heteroatoms. The molecule has 7 nitrogen and oxygen atoms in total. The molecule has 0 radical (unpaired) electrons. The van der Waals surface area contributed by atoms with Crippen LogP contribution < -0.4 is 10.7 Å². The van der Waals surface area contributed by atoms with E-state index in [1.54, 1.807) is 31.2 Å². The standard InChI is InChI=1S/C27H29NO6/c1-15-22(26(31)34-13-16-7-6-10-32-16)23(24-19(28-15)11-27(2,3)12-20(24)29)18-14-33-21-9-5-4-8-17(21)25(18)30/h4-5,8-9,14,16,23,28H,6-7,10-13H2,1-3H3/t16-,23+/m0/s1. The lowest BCUT2D eigenvalue weighted by atomic mass is 9.68. The number of benzene rings is 1. The van der Waals surface area contributed by atoms with E-state index in [9.17, 15) is 14.4 Å². The lowest BCUT2D eigenvalue weighted by Crippen LogP contribution is -2.40. The molecule has 5 rings (SSSR count). The van der Waals surface area contributed by atoms with Crippen molar-refractivity contribution in [3.63, 3.8) is 0 Å². The van der Waals surface area contributed by atoms with Gasteiger partial charge in [-0.3, -0.25) is 9.59 Å². The largest absolute Gasteiger partial charge is 0.464 e. The maximum absolute atomic E-state index is 13.6. The highest BCUT2D eigenvalue weighted by Crippen LogP contribution is 2.46. The van der Waals surface area contributed by atoms with E-state index in [-0.39, 0.29) is 40.5 Å². The van der Waals surface area contributed by atoms with Gasteiger partial charge in [-0.15, -0.1) is 0 Å². The molecule has 34 heavy (non-hydrogen) atoms. The van der Waals surface area contributed by atoms with Gasteiger partial charge in [0.05, 0.1) is 29.2 Å². The van der Waals surface area contributed by atoms with Crippen LogP contribution in [-0.2, 0) is 19.1 Å². The zero-order valence-corrected chi connectivity index (χ0v) is 19.7. The highest BCUT2D eigenvalue weighted by atomic mass is 16.6. The number of rotatable bonds is 4. The first-order chi connectivity index (χ1) is 16.2.